The molecule has 0 aliphatic rings. The lowest BCUT2D eigenvalue weighted by atomic mass is 10.1. The molecule has 1 aromatic rings. The van der Waals surface area contributed by atoms with Gasteiger partial charge in [0.15, 0.2) is 0 Å². The molecule has 0 heterocycles. The highest BCUT2D eigenvalue weighted by Gasteiger charge is 2.18. The number of hydrogen-bond acceptors (Lipinski definition) is 3. The van der Waals surface area contributed by atoms with Crippen LogP contribution in [0.15, 0.2) is 24.3 Å². The van der Waals surface area contributed by atoms with Gasteiger partial charge in [-0.3, -0.25) is 4.79 Å². The van der Waals surface area contributed by atoms with Gasteiger partial charge in [-0.2, -0.15) is 0 Å². The number of benzene rings is 1. The van der Waals surface area contributed by atoms with Gasteiger partial charge in [-0.25, -0.2) is 4.79 Å². The van der Waals surface area contributed by atoms with Gasteiger partial charge in [0, 0.05) is 25.2 Å². The SMILES string of the molecule is CC(C)CN(CC(C)C)C(=O)c1ccc(CNC(=O)OC(C)(C)C)cc1. The third kappa shape index (κ3) is 8.37. The van der Waals surface area contributed by atoms with Crippen LogP contribution in [-0.4, -0.2) is 35.6 Å². The van der Waals surface area contributed by atoms with Crippen molar-refractivity contribution in [1.82, 2.24) is 10.2 Å². The fourth-order valence-electron chi connectivity index (χ4n) is 2.56. The van der Waals surface area contributed by atoms with E-state index in [-0.39, 0.29) is 5.91 Å². The number of carbonyl (C=O) groups is 2. The molecule has 0 spiro atoms. The molecule has 0 fully saturated rings. The van der Waals surface area contributed by atoms with Crippen LogP contribution in [0, 0.1) is 11.8 Å². The van der Waals surface area contributed by atoms with E-state index in [1.807, 2.05) is 49.9 Å². The summed E-state index contributed by atoms with van der Waals surface area (Å²) in [5, 5.41) is 2.72. The molecule has 2 amide bonds. The summed E-state index contributed by atoms with van der Waals surface area (Å²) in [6.45, 7) is 15.8. The molecule has 0 aliphatic heterocycles. The standard InChI is InChI=1S/C21H34N2O3/c1-15(2)13-23(14-16(3)4)19(24)18-10-8-17(9-11-18)12-22-20(25)26-21(5,6)7/h8-11,15-16H,12-14H2,1-7H3,(H,22,25). The van der Waals surface area contributed by atoms with Gasteiger partial charge in [0.25, 0.3) is 5.91 Å². The van der Waals surface area contributed by atoms with Crippen molar-refractivity contribution in [3.8, 4) is 0 Å². The van der Waals surface area contributed by atoms with Crippen molar-refractivity contribution in [3.63, 3.8) is 0 Å². The number of alkyl carbamates (subject to hydrolysis) is 1. The van der Waals surface area contributed by atoms with Gasteiger partial charge in [0.05, 0.1) is 0 Å². The Morgan fingerprint density at radius 2 is 1.50 bits per heavy atom. The third-order valence-corrected chi connectivity index (χ3v) is 3.49. The first kappa shape index (κ1) is 22.0. The van der Waals surface area contributed by atoms with Crippen molar-refractivity contribution in [2.24, 2.45) is 11.8 Å². The van der Waals surface area contributed by atoms with Crippen molar-refractivity contribution >= 4 is 12.0 Å². The second-order valence-corrected chi connectivity index (χ2v) is 8.55. The van der Waals surface area contributed by atoms with E-state index >= 15 is 0 Å². The highest BCUT2D eigenvalue weighted by Crippen LogP contribution is 2.12. The first-order chi connectivity index (χ1) is 12.0. The normalized spacial score (nSPS) is 11.6. The van der Waals surface area contributed by atoms with E-state index in [9.17, 15) is 9.59 Å². The Hall–Kier alpha value is -2.04. The summed E-state index contributed by atoms with van der Waals surface area (Å²) in [6, 6.07) is 7.38. The van der Waals surface area contributed by atoms with Crippen LogP contribution >= 0.6 is 0 Å². The molecule has 1 rings (SSSR count). The zero-order chi connectivity index (χ0) is 19.9. The molecule has 146 valence electrons. The zero-order valence-corrected chi connectivity index (χ0v) is 17.3. The second-order valence-electron chi connectivity index (χ2n) is 8.55. The molecule has 0 aliphatic carbocycles. The molecule has 1 N–H and O–H groups in total. The van der Waals surface area contributed by atoms with Gasteiger partial charge >= 0.3 is 6.09 Å². The van der Waals surface area contributed by atoms with Gasteiger partial charge in [-0.05, 0) is 50.3 Å². The van der Waals surface area contributed by atoms with Crippen molar-refractivity contribution in [2.75, 3.05) is 13.1 Å². The number of nitrogens with one attached hydrogen (secondary N) is 1. The molecule has 0 radical (unpaired) electrons. The smallest absolute Gasteiger partial charge is 0.407 e. The van der Waals surface area contributed by atoms with Crippen LogP contribution in [0.5, 0.6) is 0 Å². The number of carbonyl (C=O) groups excluding carboxylic acids is 2. The molecule has 0 saturated carbocycles. The number of nitrogens with zero attached hydrogens (tertiary/aromatic N) is 1. The maximum absolute atomic E-state index is 12.8. The van der Waals surface area contributed by atoms with Crippen LogP contribution in [0.2, 0.25) is 0 Å². The van der Waals surface area contributed by atoms with Crippen LogP contribution in [0.1, 0.15) is 64.4 Å². The minimum Gasteiger partial charge on any atom is -0.444 e. The number of ether oxygens (including phenoxy) is 1. The van der Waals surface area contributed by atoms with Crippen LogP contribution < -0.4 is 5.32 Å². The van der Waals surface area contributed by atoms with Gasteiger partial charge in [0.1, 0.15) is 5.60 Å². The number of amides is 2. The average molecular weight is 363 g/mol. The molecule has 5 heteroatoms. The largest absolute Gasteiger partial charge is 0.444 e. The Balaban J connectivity index is 2.69. The van der Waals surface area contributed by atoms with Crippen LogP contribution in [0.3, 0.4) is 0 Å². The van der Waals surface area contributed by atoms with Crippen LogP contribution in [0.4, 0.5) is 4.79 Å². The molecule has 0 saturated heterocycles. The van der Waals surface area contributed by atoms with E-state index < -0.39 is 11.7 Å². The van der Waals surface area contributed by atoms with E-state index in [1.165, 1.54) is 0 Å². The fraction of sp³-hybridized carbons (Fsp3) is 0.619. The molecule has 0 atom stereocenters. The van der Waals surface area contributed by atoms with E-state index in [4.69, 9.17) is 4.74 Å². The Morgan fingerprint density at radius 3 is 1.92 bits per heavy atom. The maximum atomic E-state index is 12.8. The third-order valence-electron chi connectivity index (χ3n) is 3.49. The Kier molecular flexibility index (Phi) is 8.12. The Bertz CT molecular complexity index is 576. The zero-order valence-electron chi connectivity index (χ0n) is 17.3. The molecule has 1 aromatic carbocycles. The lowest BCUT2D eigenvalue weighted by Gasteiger charge is -2.26. The molecule has 0 aromatic heterocycles. The minimum atomic E-state index is -0.517. The maximum Gasteiger partial charge on any atom is 0.407 e. The molecular weight excluding hydrogens is 328 g/mol. The summed E-state index contributed by atoms with van der Waals surface area (Å²) >= 11 is 0. The van der Waals surface area contributed by atoms with E-state index in [1.54, 1.807) is 0 Å². The molecule has 26 heavy (non-hydrogen) atoms. The summed E-state index contributed by atoms with van der Waals surface area (Å²) in [5.41, 5.74) is 1.08. The summed E-state index contributed by atoms with van der Waals surface area (Å²) in [4.78, 5) is 26.4. The lowest BCUT2D eigenvalue weighted by molar-refractivity contribution is 0.0523. The van der Waals surface area contributed by atoms with Gasteiger partial charge in [0.2, 0.25) is 0 Å². The summed E-state index contributed by atoms with van der Waals surface area (Å²) in [5.74, 6) is 0.907. The Labute approximate surface area is 158 Å². The average Bonchev–Trinajstić information content (AvgIpc) is 2.49. The van der Waals surface area contributed by atoms with Gasteiger partial charge in [-0.15, -0.1) is 0 Å². The van der Waals surface area contributed by atoms with E-state index in [0.717, 1.165) is 18.7 Å². The summed E-state index contributed by atoms with van der Waals surface area (Å²) < 4.78 is 5.22. The van der Waals surface area contributed by atoms with Crippen LogP contribution in [0.25, 0.3) is 0 Å². The highest BCUT2D eigenvalue weighted by molar-refractivity contribution is 5.94. The minimum absolute atomic E-state index is 0.0547. The highest BCUT2D eigenvalue weighted by atomic mass is 16.6. The lowest BCUT2D eigenvalue weighted by Crippen LogP contribution is -2.37. The predicted octanol–water partition coefficient (Wildman–Crippen LogP) is 4.47. The first-order valence-corrected chi connectivity index (χ1v) is 9.33. The van der Waals surface area contributed by atoms with Crippen molar-refractivity contribution < 1.29 is 14.3 Å². The monoisotopic (exact) mass is 362 g/mol. The van der Waals surface area contributed by atoms with Crippen LogP contribution in [-0.2, 0) is 11.3 Å². The molecule has 0 unspecified atom stereocenters. The predicted molar refractivity (Wildman–Crippen MR) is 105 cm³/mol. The molecule has 0 bridgehead atoms. The number of rotatable bonds is 7. The van der Waals surface area contributed by atoms with Gasteiger partial charge < -0.3 is 15.0 Å². The topological polar surface area (TPSA) is 58.6 Å². The quantitative estimate of drug-likeness (QED) is 0.779. The van der Waals surface area contributed by atoms with E-state index in [2.05, 4.69) is 33.0 Å². The second kappa shape index (κ2) is 9.60. The summed E-state index contributed by atoms with van der Waals surface area (Å²) in [7, 11) is 0. The van der Waals surface area contributed by atoms with Crippen molar-refractivity contribution in [1.29, 1.82) is 0 Å². The van der Waals surface area contributed by atoms with E-state index in [0.29, 0.717) is 23.9 Å². The Morgan fingerprint density at radius 1 is 1.00 bits per heavy atom. The fourth-order valence-corrected chi connectivity index (χ4v) is 2.56. The van der Waals surface area contributed by atoms with Crippen molar-refractivity contribution in [2.45, 2.75) is 60.6 Å². The number of hydrogen-bond donors (Lipinski definition) is 1. The van der Waals surface area contributed by atoms with Gasteiger partial charge in [-0.1, -0.05) is 39.8 Å². The first-order valence-electron chi connectivity index (χ1n) is 9.33. The molecular formula is C21H34N2O3. The molecule has 5 nitrogen and oxygen atoms in total. The van der Waals surface area contributed by atoms with Crippen molar-refractivity contribution in [3.05, 3.63) is 35.4 Å². The summed E-state index contributed by atoms with van der Waals surface area (Å²) in [6.07, 6.45) is -0.447.